The van der Waals surface area contributed by atoms with Gasteiger partial charge in [-0.05, 0) is 42.1 Å². The van der Waals surface area contributed by atoms with Crippen molar-refractivity contribution >= 4 is 11.8 Å². The van der Waals surface area contributed by atoms with Crippen molar-refractivity contribution in [2.24, 2.45) is 0 Å². The fourth-order valence-electron chi connectivity index (χ4n) is 2.67. The second kappa shape index (κ2) is 8.19. The second-order valence-electron chi connectivity index (χ2n) is 6.03. The molecule has 7 nitrogen and oxygen atoms in total. The van der Waals surface area contributed by atoms with E-state index in [2.05, 4.69) is 20.2 Å². The summed E-state index contributed by atoms with van der Waals surface area (Å²) in [5.74, 6) is 1.76. The summed E-state index contributed by atoms with van der Waals surface area (Å²) < 4.78 is 51.3. The quantitative estimate of drug-likeness (QED) is 0.413. The molecule has 0 amide bonds. The molecule has 4 rings (SSSR count). The Bertz CT molecular complexity index is 1150. The highest BCUT2D eigenvalue weighted by Gasteiger charge is 2.33. The predicted molar refractivity (Wildman–Crippen MR) is 101 cm³/mol. The SMILES string of the molecule is COc1cccc(-c2nnc(Sc3nccc(C(F)(F)F)n3)n2Cc2ccco2)c1. The first kappa shape index (κ1) is 20.0. The lowest BCUT2D eigenvalue weighted by Gasteiger charge is -2.10. The third-order valence-electron chi connectivity index (χ3n) is 4.05. The fraction of sp³-hybridized carbons (Fsp3) is 0.158. The van der Waals surface area contributed by atoms with E-state index in [4.69, 9.17) is 9.15 Å². The van der Waals surface area contributed by atoms with Crippen LogP contribution in [0.25, 0.3) is 11.4 Å². The van der Waals surface area contributed by atoms with Gasteiger partial charge in [0.25, 0.3) is 0 Å². The van der Waals surface area contributed by atoms with Crippen LogP contribution in [0.4, 0.5) is 13.2 Å². The van der Waals surface area contributed by atoms with E-state index in [-0.39, 0.29) is 11.7 Å². The van der Waals surface area contributed by atoms with Crippen molar-refractivity contribution in [2.45, 2.75) is 23.0 Å². The standard InChI is InChI=1S/C19H14F3N5O2S/c1-28-13-5-2-4-12(10-13)16-25-26-18(27(16)11-14-6-3-9-29-14)30-17-23-8-7-15(24-17)19(20,21)22/h2-10H,11H2,1H3. The zero-order valence-corrected chi connectivity index (χ0v) is 16.3. The van der Waals surface area contributed by atoms with Crippen molar-refractivity contribution in [1.82, 2.24) is 24.7 Å². The summed E-state index contributed by atoms with van der Waals surface area (Å²) in [6.07, 6.45) is -1.96. The maximum atomic E-state index is 13.0. The van der Waals surface area contributed by atoms with Gasteiger partial charge >= 0.3 is 6.18 Å². The van der Waals surface area contributed by atoms with E-state index in [1.807, 2.05) is 12.1 Å². The van der Waals surface area contributed by atoms with Gasteiger partial charge in [-0.25, -0.2) is 9.97 Å². The molecule has 0 aliphatic carbocycles. The van der Waals surface area contributed by atoms with Crippen LogP contribution in [0.15, 0.2) is 69.7 Å². The minimum atomic E-state index is -4.56. The number of methoxy groups -OCH3 is 1. The van der Waals surface area contributed by atoms with Crippen molar-refractivity contribution in [3.05, 3.63) is 66.4 Å². The van der Waals surface area contributed by atoms with E-state index in [0.29, 0.717) is 22.5 Å². The lowest BCUT2D eigenvalue weighted by atomic mass is 10.2. The van der Waals surface area contributed by atoms with Crippen molar-refractivity contribution in [3.63, 3.8) is 0 Å². The van der Waals surface area contributed by atoms with Crippen molar-refractivity contribution in [1.29, 1.82) is 0 Å². The number of hydrogen-bond donors (Lipinski definition) is 0. The van der Waals surface area contributed by atoms with Gasteiger partial charge in [0.2, 0.25) is 0 Å². The lowest BCUT2D eigenvalue weighted by Crippen LogP contribution is -2.09. The molecule has 11 heteroatoms. The van der Waals surface area contributed by atoms with E-state index in [0.717, 1.165) is 29.6 Å². The number of alkyl halides is 3. The number of benzene rings is 1. The highest BCUT2D eigenvalue weighted by molar-refractivity contribution is 7.99. The molecular weight excluding hydrogens is 419 g/mol. The molecule has 30 heavy (non-hydrogen) atoms. The van der Waals surface area contributed by atoms with E-state index < -0.39 is 11.9 Å². The molecule has 0 unspecified atom stereocenters. The number of hydrogen-bond acceptors (Lipinski definition) is 7. The molecule has 0 radical (unpaired) electrons. The number of halogens is 3. The largest absolute Gasteiger partial charge is 0.497 e. The zero-order valence-electron chi connectivity index (χ0n) is 15.5. The summed E-state index contributed by atoms with van der Waals surface area (Å²) in [6.45, 7) is 0.272. The molecule has 3 aromatic heterocycles. The highest BCUT2D eigenvalue weighted by atomic mass is 32.2. The van der Waals surface area contributed by atoms with Gasteiger partial charge in [-0.15, -0.1) is 10.2 Å². The topological polar surface area (TPSA) is 78.9 Å². The molecule has 0 atom stereocenters. The Labute approximate surface area is 172 Å². The first-order chi connectivity index (χ1) is 14.4. The molecule has 0 saturated heterocycles. The van der Waals surface area contributed by atoms with Crippen LogP contribution in [0.2, 0.25) is 0 Å². The van der Waals surface area contributed by atoms with Crippen LogP contribution in [0.3, 0.4) is 0 Å². The van der Waals surface area contributed by atoms with Crippen LogP contribution >= 0.6 is 11.8 Å². The second-order valence-corrected chi connectivity index (χ2v) is 6.96. The van der Waals surface area contributed by atoms with Gasteiger partial charge in [0.1, 0.15) is 17.2 Å². The molecular formula is C19H14F3N5O2S. The molecule has 0 spiro atoms. The summed E-state index contributed by atoms with van der Waals surface area (Å²) in [7, 11) is 1.55. The van der Waals surface area contributed by atoms with Crippen LogP contribution < -0.4 is 4.74 Å². The molecule has 3 heterocycles. The summed E-state index contributed by atoms with van der Waals surface area (Å²) in [5, 5.41) is 8.61. The van der Waals surface area contributed by atoms with E-state index in [9.17, 15) is 13.2 Å². The van der Waals surface area contributed by atoms with Crippen molar-refractivity contribution < 1.29 is 22.3 Å². The van der Waals surface area contributed by atoms with Gasteiger partial charge in [0.05, 0.1) is 19.9 Å². The van der Waals surface area contributed by atoms with Gasteiger partial charge in [0.15, 0.2) is 16.1 Å². The third-order valence-corrected chi connectivity index (χ3v) is 4.91. The molecule has 4 aromatic rings. The van der Waals surface area contributed by atoms with Gasteiger partial charge in [0, 0.05) is 11.8 Å². The Morgan fingerprint density at radius 2 is 2.00 bits per heavy atom. The fourth-order valence-corrected chi connectivity index (χ4v) is 3.43. The van der Waals surface area contributed by atoms with Gasteiger partial charge in [-0.2, -0.15) is 13.2 Å². The van der Waals surface area contributed by atoms with E-state index in [1.165, 1.54) is 6.26 Å². The maximum Gasteiger partial charge on any atom is 0.433 e. The smallest absolute Gasteiger partial charge is 0.433 e. The summed E-state index contributed by atoms with van der Waals surface area (Å²) in [6, 6.07) is 11.6. The molecule has 0 aliphatic heterocycles. The minimum absolute atomic E-state index is 0.0879. The Balaban J connectivity index is 1.74. The van der Waals surface area contributed by atoms with Gasteiger partial charge in [-0.1, -0.05) is 12.1 Å². The summed E-state index contributed by atoms with van der Waals surface area (Å²) >= 11 is 0.886. The van der Waals surface area contributed by atoms with E-state index in [1.54, 1.807) is 35.9 Å². The van der Waals surface area contributed by atoms with Crippen LogP contribution in [-0.2, 0) is 12.7 Å². The zero-order chi connectivity index (χ0) is 21.1. The Morgan fingerprint density at radius 3 is 2.73 bits per heavy atom. The molecule has 0 bridgehead atoms. The summed E-state index contributed by atoms with van der Waals surface area (Å²) in [4.78, 5) is 7.51. The average molecular weight is 433 g/mol. The number of aromatic nitrogens is 5. The van der Waals surface area contributed by atoms with Crippen LogP contribution in [0.1, 0.15) is 11.5 Å². The first-order valence-corrected chi connectivity index (χ1v) is 9.44. The van der Waals surface area contributed by atoms with Crippen LogP contribution in [-0.4, -0.2) is 31.8 Å². The monoisotopic (exact) mass is 433 g/mol. The van der Waals surface area contributed by atoms with Crippen LogP contribution in [0, 0.1) is 0 Å². The third kappa shape index (κ3) is 4.30. The Hall–Kier alpha value is -3.34. The minimum Gasteiger partial charge on any atom is -0.497 e. The highest BCUT2D eigenvalue weighted by Crippen LogP contribution is 2.32. The molecule has 0 aliphatic rings. The lowest BCUT2D eigenvalue weighted by molar-refractivity contribution is -0.141. The molecule has 0 fully saturated rings. The average Bonchev–Trinajstić information content (AvgIpc) is 3.39. The molecule has 0 N–H and O–H groups in total. The Morgan fingerprint density at radius 1 is 1.13 bits per heavy atom. The molecule has 154 valence electrons. The predicted octanol–water partition coefficient (Wildman–Crippen LogP) is 4.56. The van der Waals surface area contributed by atoms with Gasteiger partial charge in [-0.3, -0.25) is 4.57 Å². The molecule has 0 saturated carbocycles. The number of rotatable bonds is 6. The normalized spacial score (nSPS) is 11.6. The van der Waals surface area contributed by atoms with Crippen molar-refractivity contribution in [2.75, 3.05) is 7.11 Å². The van der Waals surface area contributed by atoms with Crippen molar-refractivity contribution in [3.8, 4) is 17.1 Å². The number of furan rings is 1. The summed E-state index contributed by atoms with van der Waals surface area (Å²) in [5.41, 5.74) is -0.296. The van der Waals surface area contributed by atoms with Gasteiger partial charge < -0.3 is 9.15 Å². The number of nitrogens with zero attached hydrogens (tertiary/aromatic N) is 5. The molecule has 1 aromatic carbocycles. The van der Waals surface area contributed by atoms with Crippen LogP contribution in [0.5, 0.6) is 5.75 Å². The van der Waals surface area contributed by atoms with E-state index >= 15 is 0 Å². The first-order valence-electron chi connectivity index (χ1n) is 8.62. The number of ether oxygens (including phenoxy) is 1. The maximum absolute atomic E-state index is 13.0. The Kier molecular flexibility index (Phi) is 5.44.